The predicted molar refractivity (Wildman–Crippen MR) is 306 cm³/mol. The van der Waals surface area contributed by atoms with Gasteiger partial charge in [0.15, 0.2) is 0 Å². The Morgan fingerprint density at radius 1 is 0.329 bits per heavy atom. The van der Waals surface area contributed by atoms with E-state index in [1.165, 1.54) is 155 Å². The Hall–Kier alpha value is -7.03. The van der Waals surface area contributed by atoms with Gasteiger partial charge < -0.3 is 9.80 Å². The van der Waals surface area contributed by atoms with Crippen LogP contribution in [0.3, 0.4) is 0 Å². The van der Waals surface area contributed by atoms with Crippen LogP contribution >= 0.6 is 0 Å². The molecule has 4 heteroatoms. The summed E-state index contributed by atoms with van der Waals surface area (Å²) in [5.41, 5.74) is 30.0. The molecule has 0 aromatic heterocycles. The average molecular weight is 901 g/mol. The molecule has 0 spiro atoms. The monoisotopic (exact) mass is 900 g/mol. The molecule has 0 N–H and O–H groups in total. The quantitative estimate of drug-likeness (QED) is 0.121. The number of para-hydroxylation sites is 2. The van der Waals surface area contributed by atoms with Gasteiger partial charge in [0, 0.05) is 34.1 Å². The Balaban J connectivity index is 1.14. The van der Waals surface area contributed by atoms with Crippen molar-refractivity contribution in [2.45, 2.75) is 92.9 Å². The van der Waals surface area contributed by atoms with Crippen LogP contribution in [0.1, 0.15) is 112 Å². The molecule has 10 aromatic rings. The summed E-state index contributed by atoms with van der Waals surface area (Å²) < 4.78 is 0. The van der Waals surface area contributed by atoms with Crippen molar-refractivity contribution in [2.75, 3.05) is 9.80 Å². The van der Waals surface area contributed by atoms with Gasteiger partial charge in [-0.05, 0) is 196 Å². The van der Waals surface area contributed by atoms with Crippen LogP contribution in [0, 0.1) is 13.8 Å². The first-order chi connectivity index (χ1) is 33.9. The van der Waals surface area contributed by atoms with Crippen LogP contribution in [-0.2, 0) is 0 Å². The number of nitrogens with zero attached hydrogens (tertiary/aromatic N) is 2. The van der Waals surface area contributed by atoms with Crippen molar-refractivity contribution in [2.24, 2.45) is 0 Å². The van der Waals surface area contributed by atoms with Gasteiger partial charge in [-0.2, -0.15) is 0 Å². The number of rotatable bonds is 6. The van der Waals surface area contributed by atoms with Crippen molar-refractivity contribution in [1.29, 1.82) is 0 Å². The molecule has 70 heavy (non-hydrogen) atoms. The molecule has 10 aromatic carbocycles. The average Bonchev–Trinajstić information content (AvgIpc) is 3.36. The van der Waals surface area contributed by atoms with E-state index < -0.39 is 0 Å². The molecule has 0 amide bonds. The number of aryl methyl sites for hydroxylation is 2. The van der Waals surface area contributed by atoms with Gasteiger partial charge >= 0.3 is 0 Å². The van der Waals surface area contributed by atoms with E-state index in [2.05, 4.69) is 225 Å². The molecule has 0 saturated carbocycles. The number of hydrogen-bond acceptors (Lipinski definition) is 2. The lowest BCUT2D eigenvalue weighted by Crippen LogP contribution is -2.60. The smallest absolute Gasteiger partial charge is 0.248 e. The molecule has 0 saturated heterocycles. The standard InChI is InChI=1S/C66H58B2N2/c1-35(2)41-21-23-53-57(29-41)69(45-17-13-11-14-18-45)59-31-43(37(5)6)27-51-49-25-40(10)48-34-56-62-50(26-39(9)47-33-55(67(53)65(51)59)61(49)63(48)64(47)62)52-28-44(38(7)8)32-60-66(52)68(56)54-24-22-42(36(3)4)30-58(54)70(60)46-19-15-12-16-20-46/h11-38H,1-10H3. The van der Waals surface area contributed by atoms with E-state index in [0.717, 1.165) is 0 Å². The predicted octanol–water partition coefficient (Wildman–Crippen LogP) is 14.3. The summed E-state index contributed by atoms with van der Waals surface area (Å²) >= 11 is 0. The SMILES string of the molecule is Cc1cc2c3c(cc4c(C)cc5c6c(cc1c3c46)B1c3ccc(C(C)C)cc3N(c3ccccc3)c3cc(C(C)C)cc-5c31)B1c3ccc(C(C)C)cc3N(c3ccccc3)c3cc(C(C)C)cc-2c31. The fourth-order valence-electron chi connectivity index (χ4n) is 13.5. The summed E-state index contributed by atoms with van der Waals surface area (Å²) in [5, 5.41) is 8.55. The summed E-state index contributed by atoms with van der Waals surface area (Å²) in [6.45, 7) is 23.7. The molecule has 0 aliphatic carbocycles. The van der Waals surface area contributed by atoms with E-state index in [9.17, 15) is 0 Å². The van der Waals surface area contributed by atoms with Gasteiger partial charge in [-0.3, -0.25) is 0 Å². The molecule has 0 radical (unpaired) electrons. The molecule has 0 bridgehead atoms. The van der Waals surface area contributed by atoms with Crippen LogP contribution in [0.4, 0.5) is 34.1 Å². The first-order valence-electron chi connectivity index (χ1n) is 26.0. The maximum atomic E-state index is 2.66. The third kappa shape index (κ3) is 5.54. The van der Waals surface area contributed by atoms with E-state index in [1.54, 1.807) is 0 Å². The largest absolute Gasteiger partial charge is 0.311 e. The van der Waals surface area contributed by atoms with Gasteiger partial charge in [0.1, 0.15) is 0 Å². The molecule has 0 atom stereocenters. The molecular formula is C66H58B2N2. The van der Waals surface area contributed by atoms with Gasteiger partial charge in [0.2, 0.25) is 13.4 Å². The van der Waals surface area contributed by atoms with Crippen LogP contribution in [0.25, 0.3) is 54.6 Å². The van der Waals surface area contributed by atoms with Crippen molar-refractivity contribution < 1.29 is 0 Å². The first-order valence-corrected chi connectivity index (χ1v) is 26.0. The highest BCUT2D eigenvalue weighted by molar-refractivity contribution is 7.02. The highest BCUT2D eigenvalue weighted by atomic mass is 15.2. The lowest BCUT2D eigenvalue weighted by Gasteiger charge is -2.43. The molecule has 338 valence electrons. The highest BCUT2D eigenvalue weighted by Gasteiger charge is 2.46. The third-order valence-corrected chi connectivity index (χ3v) is 17.1. The number of hydrogen-bond donors (Lipinski definition) is 0. The summed E-state index contributed by atoms with van der Waals surface area (Å²) in [4.78, 5) is 5.18. The van der Waals surface area contributed by atoms with Crippen LogP contribution in [0.15, 0.2) is 146 Å². The van der Waals surface area contributed by atoms with Crippen LogP contribution in [-0.4, -0.2) is 13.4 Å². The van der Waals surface area contributed by atoms with Crippen LogP contribution in [0.5, 0.6) is 0 Å². The van der Waals surface area contributed by atoms with Crippen molar-refractivity contribution >= 4 is 113 Å². The van der Waals surface area contributed by atoms with Gasteiger partial charge in [0.25, 0.3) is 0 Å². The number of benzene rings is 10. The fraction of sp³-hybridized carbons (Fsp3) is 0.212. The van der Waals surface area contributed by atoms with E-state index >= 15 is 0 Å². The topological polar surface area (TPSA) is 6.48 Å². The second kappa shape index (κ2) is 14.8. The normalized spacial score (nSPS) is 14.0. The molecular weight excluding hydrogens is 842 g/mol. The molecule has 4 aliphatic rings. The fourth-order valence-corrected chi connectivity index (χ4v) is 13.5. The summed E-state index contributed by atoms with van der Waals surface area (Å²) in [6.07, 6.45) is 0. The summed E-state index contributed by atoms with van der Waals surface area (Å²) in [6, 6.07) is 57.7. The lowest BCUT2D eigenvalue weighted by molar-refractivity contribution is 0.865. The molecule has 2 nitrogen and oxygen atoms in total. The molecule has 14 rings (SSSR count). The maximum absolute atomic E-state index is 2.66. The minimum atomic E-state index is 0.0804. The van der Waals surface area contributed by atoms with Crippen LogP contribution in [0.2, 0.25) is 0 Å². The lowest BCUT2D eigenvalue weighted by atomic mass is 9.31. The maximum Gasteiger partial charge on any atom is 0.248 e. The van der Waals surface area contributed by atoms with Crippen LogP contribution < -0.4 is 42.6 Å². The van der Waals surface area contributed by atoms with Gasteiger partial charge in [-0.15, -0.1) is 0 Å². The second-order valence-electron chi connectivity index (χ2n) is 22.5. The molecule has 4 aliphatic heterocycles. The van der Waals surface area contributed by atoms with E-state index in [1.807, 2.05) is 0 Å². The third-order valence-electron chi connectivity index (χ3n) is 17.1. The summed E-state index contributed by atoms with van der Waals surface area (Å²) in [7, 11) is 0. The van der Waals surface area contributed by atoms with Gasteiger partial charge in [0.05, 0.1) is 0 Å². The minimum absolute atomic E-state index is 0.0804. The zero-order valence-electron chi connectivity index (χ0n) is 42.2. The molecule has 0 fully saturated rings. The van der Waals surface area contributed by atoms with Crippen molar-refractivity contribution in [1.82, 2.24) is 0 Å². The Morgan fingerprint density at radius 3 is 1.07 bits per heavy atom. The summed E-state index contributed by atoms with van der Waals surface area (Å²) in [5.74, 6) is 1.55. The van der Waals surface area contributed by atoms with E-state index in [-0.39, 0.29) is 13.4 Å². The minimum Gasteiger partial charge on any atom is -0.311 e. The Kier molecular flexibility index (Phi) is 8.83. The Bertz CT molecular complexity index is 3630. The van der Waals surface area contributed by atoms with E-state index in [4.69, 9.17) is 0 Å². The highest BCUT2D eigenvalue weighted by Crippen LogP contribution is 2.51. The number of anilines is 6. The zero-order valence-corrected chi connectivity index (χ0v) is 42.2. The van der Waals surface area contributed by atoms with Gasteiger partial charge in [-0.25, -0.2) is 0 Å². The van der Waals surface area contributed by atoms with Crippen molar-refractivity contribution in [3.63, 3.8) is 0 Å². The molecule has 0 unspecified atom stereocenters. The zero-order chi connectivity index (χ0) is 47.8. The van der Waals surface area contributed by atoms with E-state index in [0.29, 0.717) is 23.7 Å². The van der Waals surface area contributed by atoms with Crippen molar-refractivity contribution in [3.8, 4) is 22.3 Å². The van der Waals surface area contributed by atoms with Gasteiger partial charge in [-0.1, -0.05) is 163 Å². The Labute approximate surface area is 414 Å². The Morgan fingerprint density at radius 2 is 0.700 bits per heavy atom. The molecule has 4 heterocycles. The second-order valence-corrected chi connectivity index (χ2v) is 22.5. The first kappa shape index (κ1) is 41.9. The van der Waals surface area contributed by atoms with Crippen molar-refractivity contribution in [3.05, 3.63) is 179 Å². The number of fused-ring (bicyclic) bond motifs is 8.